The molecule has 0 saturated heterocycles. The summed E-state index contributed by atoms with van der Waals surface area (Å²) in [7, 11) is 0. The maximum atomic E-state index is 13.2. The van der Waals surface area contributed by atoms with E-state index < -0.39 is 17.6 Å². The molecule has 0 radical (unpaired) electrons. The van der Waals surface area contributed by atoms with Crippen molar-refractivity contribution >= 4 is 5.96 Å². The molecule has 142 valence electrons. The zero-order valence-electron chi connectivity index (χ0n) is 14.6. The van der Waals surface area contributed by atoms with Crippen molar-refractivity contribution in [3.05, 3.63) is 70.5 Å². The van der Waals surface area contributed by atoms with Crippen LogP contribution in [0.25, 0.3) is 0 Å². The van der Waals surface area contributed by atoms with E-state index in [2.05, 4.69) is 15.6 Å². The van der Waals surface area contributed by atoms with E-state index in [9.17, 15) is 17.6 Å². The minimum Gasteiger partial charge on any atom is -0.357 e. The van der Waals surface area contributed by atoms with Crippen LogP contribution in [0.2, 0.25) is 0 Å². The van der Waals surface area contributed by atoms with E-state index in [1.54, 1.807) is 24.3 Å². The van der Waals surface area contributed by atoms with Gasteiger partial charge in [0.1, 0.15) is 5.82 Å². The van der Waals surface area contributed by atoms with Crippen LogP contribution in [0.1, 0.15) is 29.2 Å². The predicted molar refractivity (Wildman–Crippen MR) is 94.2 cm³/mol. The molecule has 0 aliphatic carbocycles. The largest absolute Gasteiger partial charge is 0.416 e. The Balaban J connectivity index is 2.11. The Morgan fingerprint density at radius 3 is 2.41 bits per heavy atom. The zero-order valence-corrected chi connectivity index (χ0v) is 14.6. The van der Waals surface area contributed by atoms with Gasteiger partial charge < -0.3 is 10.6 Å². The normalized spacial score (nSPS) is 11.8. The maximum absolute atomic E-state index is 13.2. The fourth-order valence-corrected chi connectivity index (χ4v) is 2.34. The Hall–Kier alpha value is -3.08. The van der Waals surface area contributed by atoms with Gasteiger partial charge in [-0.15, -0.1) is 0 Å². The minimum atomic E-state index is -4.64. The van der Waals surface area contributed by atoms with Crippen molar-refractivity contribution in [2.75, 3.05) is 6.54 Å². The maximum Gasteiger partial charge on any atom is 0.416 e. The molecule has 0 saturated carbocycles. The van der Waals surface area contributed by atoms with Crippen molar-refractivity contribution in [1.29, 1.82) is 5.26 Å². The molecule has 8 heteroatoms. The summed E-state index contributed by atoms with van der Waals surface area (Å²) in [6.45, 7) is 2.48. The predicted octanol–water partition coefficient (Wildman–Crippen LogP) is 3.97. The summed E-state index contributed by atoms with van der Waals surface area (Å²) in [5.41, 5.74) is 0.290. The van der Waals surface area contributed by atoms with E-state index in [1.807, 2.05) is 13.0 Å². The standard InChI is InChI=1S/C19H18F4N4/c1-2-25-18(26-11-14-5-3-13(10-24)4-6-14)27-12-15-7-8-16(20)9-17(15)19(21,22)23/h3-9H,2,11-12H2,1H3,(H2,25,26,27). The number of nitrogens with one attached hydrogen (secondary N) is 2. The Kier molecular flexibility index (Phi) is 6.77. The van der Waals surface area contributed by atoms with Crippen molar-refractivity contribution in [2.24, 2.45) is 4.99 Å². The molecule has 0 heterocycles. The highest BCUT2D eigenvalue weighted by atomic mass is 19.4. The Morgan fingerprint density at radius 2 is 1.81 bits per heavy atom. The number of guanidine groups is 1. The van der Waals surface area contributed by atoms with Gasteiger partial charge in [-0.1, -0.05) is 18.2 Å². The molecule has 0 unspecified atom stereocenters. The van der Waals surface area contributed by atoms with E-state index in [4.69, 9.17) is 5.26 Å². The summed E-state index contributed by atoms with van der Waals surface area (Å²) >= 11 is 0. The van der Waals surface area contributed by atoms with Crippen LogP contribution in [-0.4, -0.2) is 12.5 Å². The molecule has 0 atom stereocenters. The molecular weight excluding hydrogens is 360 g/mol. The number of nitriles is 1. The number of alkyl halides is 3. The van der Waals surface area contributed by atoms with Crippen LogP contribution in [-0.2, 0) is 19.3 Å². The molecule has 4 nitrogen and oxygen atoms in total. The molecule has 27 heavy (non-hydrogen) atoms. The molecule has 0 spiro atoms. The lowest BCUT2D eigenvalue weighted by atomic mass is 10.1. The van der Waals surface area contributed by atoms with E-state index in [0.717, 1.165) is 17.7 Å². The third kappa shape index (κ3) is 5.99. The van der Waals surface area contributed by atoms with Crippen molar-refractivity contribution in [2.45, 2.75) is 26.2 Å². The number of halogens is 4. The van der Waals surface area contributed by atoms with Gasteiger partial charge in [0, 0.05) is 13.1 Å². The van der Waals surface area contributed by atoms with Crippen LogP contribution in [0, 0.1) is 17.1 Å². The molecule has 2 N–H and O–H groups in total. The number of rotatable bonds is 5. The molecule has 2 aromatic carbocycles. The van der Waals surface area contributed by atoms with Gasteiger partial charge in [-0.2, -0.15) is 18.4 Å². The highest BCUT2D eigenvalue weighted by Crippen LogP contribution is 2.32. The van der Waals surface area contributed by atoms with Crippen LogP contribution >= 0.6 is 0 Å². The average molecular weight is 378 g/mol. The molecule has 2 rings (SSSR count). The highest BCUT2D eigenvalue weighted by molar-refractivity contribution is 5.79. The Bertz CT molecular complexity index is 836. The van der Waals surface area contributed by atoms with E-state index >= 15 is 0 Å². The second-order valence-corrected chi connectivity index (χ2v) is 5.66. The first-order valence-electron chi connectivity index (χ1n) is 8.20. The van der Waals surface area contributed by atoms with Crippen LogP contribution < -0.4 is 10.6 Å². The van der Waals surface area contributed by atoms with Gasteiger partial charge in [0.2, 0.25) is 0 Å². The topological polar surface area (TPSA) is 60.2 Å². The number of hydrogen-bond donors (Lipinski definition) is 2. The first-order chi connectivity index (χ1) is 12.8. The number of nitrogens with zero attached hydrogens (tertiary/aromatic N) is 2. The monoisotopic (exact) mass is 378 g/mol. The lowest BCUT2D eigenvalue weighted by Crippen LogP contribution is -2.37. The number of benzene rings is 2. The summed E-state index contributed by atoms with van der Waals surface area (Å²) in [6, 6.07) is 11.5. The number of aliphatic imine (C=N–C) groups is 1. The van der Waals surface area contributed by atoms with Gasteiger partial charge in [-0.05, 0) is 42.3 Å². The average Bonchev–Trinajstić information content (AvgIpc) is 2.64. The number of hydrogen-bond acceptors (Lipinski definition) is 2. The summed E-state index contributed by atoms with van der Waals surface area (Å²) in [4.78, 5) is 4.32. The molecule has 0 aromatic heterocycles. The van der Waals surface area contributed by atoms with E-state index in [0.29, 0.717) is 24.1 Å². The van der Waals surface area contributed by atoms with Crippen molar-refractivity contribution in [3.8, 4) is 6.07 Å². The Morgan fingerprint density at radius 1 is 1.11 bits per heavy atom. The highest BCUT2D eigenvalue weighted by Gasteiger charge is 2.33. The Labute approximate surface area is 154 Å². The van der Waals surface area contributed by atoms with Crippen LogP contribution in [0.3, 0.4) is 0 Å². The second kappa shape index (κ2) is 9.03. The summed E-state index contributed by atoms with van der Waals surface area (Å²) in [5, 5.41) is 14.6. The first kappa shape index (κ1) is 20.2. The summed E-state index contributed by atoms with van der Waals surface area (Å²) in [6.07, 6.45) is -4.64. The van der Waals surface area contributed by atoms with Gasteiger partial charge in [0.05, 0.1) is 23.7 Å². The lowest BCUT2D eigenvalue weighted by molar-refractivity contribution is -0.138. The third-order valence-corrected chi connectivity index (χ3v) is 3.67. The molecule has 0 bridgehead atoms. The van der Waals surface area contributed by atoms with Crippen molar-refractivity contribution in [1.82, 2.24) is 10.6 Å². The second-order valence-electron chi connectivity index (χ2n) is 5.66. The van der Waals surface area contributed by atoms with Gasteiger partial charge >= 0.3 is 6.18 Å². The van der Waals surface area contributed by atoms with E-state index in [-0.39, 0.29) is 18.7 Å². The quantitative estimate of drug-likeness (QED) is 0.470. The van der Waals surface area contributed by atoms with Gasteiger partial charge in [-0.3, -0.25) is 0 Å². The first-order valence-corrected chi connectivity index (χ1v) is 8.20. The van der Waals surface area contributed by atoms with Gasteiger partial charge in [0.15, 0.2) is 5.96 Å². The molecule has 2 aromatic rings. The summed E-state index contributed by atoms with van der Waals surface area (Å²) < 4.78 is 52.4. The van der Waals surface area contributed by atoms with Crippen LogP contribution in [0.15, 0.2) is 47.5 Å². The van der Waals surface area contributed by atoms with Crippen LogP contribution in [0.4, 0.5) is 17.6 Å². The fourth-order valence-electron chi connectivity index (χ4n) is 2.34. The molecule has 0 amide bonds. The third-order valence-electron chi connectivity index (χ3n) is 3.67. The van der Waals surface area contributed by atoms with E-state index in [1.165, 1.54) is 0 Å². The van der Waals surface area contributed by atoms with Gasteiger partial charge in [0.25, 0.3) is 0 Å². The zero-order chi connectivity index (χ0) is 19.9. The van der Waals surface area contributed by atoms with Crippen molar-refractivity contribution < 1.29 is 17.6 Å². The SMILES string of the molecule is CCNC(=NCc1ccc(C#N)cc1)NCc1ccc(F)cc1C(F)(F)F. The fraction of sp³-hybridized carbons (Fsp3) is 0.263. The van der Waals surface area contributed by atoms with Crippen LogP contribution in [0.5, 0.6) is 0 Å². The lowest BCUT2D eigenvalue weighted by Gasteiger charge is -2.15. The summed E-state index contributed by atoms with van der Waals surface area (Å²) in [5.74, 6) is -0.605. The molecule has 0 fully saturated rings. The smallest absolute Gasteiger partial charge is 0.357 e. The molecule has 0 aliphatic heterocycles. The molecule has 0 aliphatic rings. The van der Waals surface area contributed by atoms with Gasteiger partial charge in [-0.25, -0.2) is 9.38 Å². The minimum absolute atomic E-state index is 0.0760. The van der Waals surface area contributed by atoms with Crippen molar-refractivity contribution in [3.63, 3.8) is 0 Å². The molecular formula is C19H18F4N4.